The van der Waals surface area contributed by atoms with Crippen LogP contribution in [0.5, 0.6) is 0 Å². The zero-order valence-electron chi connectivity index (χ0n) is 12.9. The molecule has 0 heterocycles. The van der Waals surface area contributed by atoms with E-state index >= 15 is 0 Å². The van der Waals surface area contributed by atoms with Gasteiger partial charge in [0.2, 0.25) is 0 Å². The fraction of sp³-hybridized carbons (Fsp3) is 1.00. The van der Waals surface area contributed by atoms with E-state index in [4.69, 9.17) is 0 Å². The van der Waals surface area contributed by atoms with E-state index in [2.05, 4.69) is 27.7 Å². The van der Waals surface area contributed by atoms with Crippen molar-refractivity contribution in [1.82, 2.24) is 0 Å². The summed E-state index contributed by atoms with van der Waals surface area (Å²) in [6.07, 6.45) is 8.15. The second-order valence-corrected chi connectivity index (χ2v) is 2.71. The molecular weight excluding hydrogens is 152 g/mol. The molecule has 0 radical (unpaired) electrons. The predicted octanol–water partition coefficient (Wildman–Crippen LogP) is 1.35. The zero-order valence-corrected chi connectivity index (χ0v) is 11.9. The largest absolute Gasteiger partial charge is 2.00 e. The molecule has 0 aliphatic rings. The van der Waals surface area contributed by atoms with Crippen LogP contribution in [0.1, 0.15) is 70.5 Å². The molecule has 0 nitrogen and oxygen atoms in total. The summed E-state index contributed by atoms with van der Waals surface area (Å²) < 4.78 is 0. The van der Waals surface area contributed by atoms with E-state index in [-0.39, 0.29) is 44.0 Å². The molecule has 0 atom stereocenters. The fourth-order valence-corrected chi connectivity index (χ4v) is 0.707. The van der Waals surface area contributed by atoms with Crippen LogP contribution in [0.15, 0.2) is 0 Å². The Balaban J connectivity index is -0.0000000128. The van der Waals surface area contributed by atoms with Crippen molar-refractivity contribution < 1.29 is 33.8 Å². The van der Waals surface area contributed by atoms with Crippen LogP contribution in [0.25, 0.3) is 0 Å². The molecule has 0 unspecified atom stereocenters. The molecular formula is C10H27BeNa. The molecule has 0 N–H and O–H groups in total. The van der Waals surface area contributed by atoms with Gasteiger partial charge in [-0.1, -0.05) is 66.2 Å². The SMILES string of the molecule is CCCCC.CCCCC.[Be+2].[H-].[H-].[H-].[Na+]. The summed E-state index contributed by atoms with van der Waals surface area (Å²) in [5.41, 5.74) is 0. The molecule has 0 aromatic carbocycles. The zero-order chi connectivity index (χ0) is 8.24. The summed E-state index contributed by atoms with van der Waals surface area (Å²) in [4.78, 5) is 0. The molecule has 0 rings (SSSR count). The summed E-state index contributed by atoms with van der Waals surface area (Å²) >= 11 is 0. The summed E-state index contributed by atoms with van der Waals surface area (Å²) in [6, 6.07) is 0. The second kappa shape index (κ2) is 29.5. The van der Waals surface area contributed by atoms with E-state index in [0.29, 0.717) is 0 Å². The van der Waals surface area contributed by atoms with Crippen molar-refractivity contribution in [3.05, 3.63) is 0 Å². The van der Waals surface area contributed by atoms with Crippen LogP contribution in [-0.4, -0.2) is 10.1 Å². The maximum atomic E-state index is 2.21. The molecule has 2 heteroatoms. The number of rotatable bonds is 4. The van der Waals surface area contributed by atoms with Crippen LogP contribution in [0.3, 0.4) is 0 Å². The maximum absolute atomic E-state index is 2.21. The monoisotopic (exact) mass is 179 g/mol. The maximum Gasteiger partial charge on any atom is 2.00 e. The van der Waals surface area contributed by atoms with Gasteiger partial charge in [0, 0.05) is 0 Å². The molecule has 0 saturated carbocycles. The minimum Gasteiger partial charge on any atom is -1.00 e. The van der Waals surface area contributed by atoms with Gasteiger partial charge >= 0.3 is 39.7 Å². The first kappa shape index (κ1) is 23.2. The van der Waals surface area contributed by atoms with Gasteiger partial charge in [0.15, 0.2) is 0 Å². The molecule has 0 amide bonds. The molecule has 0 aromatic heterocycles. The van der Waals surface area contributed by atoms with Gasteiger partial charge in [0.25, 0.3) is 0 Å². The Morgan fingerprint density at radius 1 is 0.667 bits per heavy atom. The van der Waals surface area contributed by atoms with Crippen LogP contribution in [0.2, 0.25) is 0 Å². The molecule has 12 heavy (non-hydrogen) atoms. The van der Waals surface area contributed by atoms with Crippen molar-refractivity contribution in [2.45, 2.75) is 66.2 Å². The minimum atomic E-state index is 0. The van der Waals surface area contributed by atoms with Crippen molar-refractivity contribution in [3.63, 3.8) is 0 Å². The Labute approximate surface area is 110 Å². The van der Waals surface area contributed by atoms with E-state index in [1.54, 1.807) is 0 Å². The van der Waals surface area contributed by atoms with E-state index in [1.807, 2.05) is 0 Å². The summed E-state index contributed by atoms with van der Waals surface area (Å²) in [5.74, 6) is 0. The van der Waals surface area contributed by atoms with Gasteiger partial charge in [-0.15, -0.1) is 0 Å². The van der Waals surface area contributed by atoms with Gasteiger partial charge in [-0.05, 0) is 0 Å². The van der Waals surface area contributed by atoms with Crippen molar-refractivity contribution in [3.8, 4) is 0 Å². The first-order chi connectivity index (χ1) is 4.83. The van der Waals surface area contributed by atoms with E-state index in [9.17, 15) is 0 Å². The van der Waals surface area contributed by atoms with Crippen molar-refractivity contribution in [1.29, 1.82) is 0 Å². The second-order valence-electron chi connectivity index (χ2n) is 2.71. The topological polar surface area (TPSA) is 0 Å². The third kappa shape index (κ3) is 43.2. The third-order valence-corrected chi connectivity index (χ3v) is 1.41. The average molecular weight is 179 g/mol. The summed E-state index contributed by atoms with van der Waals surface area (Å²) in [7, 11) is 0. The molecule has 0 aliphatic carbocycles. The number of hydrogen-bond donors (Lipinski definition) is 0. The summed E-state index contributed by atoms with van der Waals surface area (Å²) in [6.45, 7) is 8.85. The smallest absolute Gasteiger partial charge is 1.00 e. The van der Waals surface area contributed by atoms with Crippen LogP contribution >= 0.6 is 0 Å². The molecule has 70 valence electrons. The van der Waals surface area contributed by atoms with Crippen molar-refractivity contribution >= 4 is 10.1 Å². The number of hydrogen-bond acceptors (Lipinski definition) is 0. The molecule has 0 fully saturated rings. The van der Waals surface area contributed by atoms with E-state index < -0.39 is 0 Å². The van der Waals surface area contributed by atoms with Gasteiger partial charge in [0.1, 0.15) is 0 Å². The van der Waals surface area contributed by atoms with Gasteiger partial charge < -0.3 is 4.28 Å². The normalized spacial score (nSPS) is 7.00. The Kier molecular flexibility index (Phi) is 57.1. The Morgan fingerprint density at radius 2 is 0.833 bits per heavy atom. The van der Waals surface area contributed by atoms with Crippen LogP contribution in [0.4, 0.5) is 0 Å². The Hall–Kier alpha value is 1.17. The van der Waals surface area contributed by atoms with Crippen LogP contribution in [0, 0.1) is 0 Å². The Bertz CT molecular complexity index is 41.6. The van der Waals surface area contributed by atoms with Crippen LogP contribution < -0.4 is 29.6 Å². The van der Waals surface area contributed by atoms with E-state index in [0.717, 1.165) is 0 Å². The van der Waals surface area contributed by atoms with Gasteiger partial charge in [-0.3, -0.25) is 0 Å². The quantitative estimate of drug-likeness (QED) is 0.572. The molecule has 0 spiro atoms. The van der Waals surface area contributed by atoms with Gasteiger partial charge in [-0.25, -0.2) is 0 Å². The first-order valence-electron chi connectivity index (χ1n) is 4.83. The third-order valence-electron chi connectivity index (χ3n) is 1.41. The predicted molar refractivity (Wildman–Crippen MR) is 59.5 cm³/mol. The van der Waals surface area contributed by atoms with Crippen LogP contribution in [-0.2, 0) is 0 Å². The van der Waals surface area contributed by atoms with E-state index in [1.165, 1.54) is 38.5 Å². The number of unbranched alkanes of at least 4 members (excludes halogenated alkanes) is 4. The standard InChI is InChI=1S/2C5H12.Be.Na.3H/c2*1-3-5-4-2;;;;;/h2*3-5H2,1-2H3;;;;;/q;;+2;+1;3*-1. The first-order valence-corrected chi connectivity index (χ1v) is 4.83. The molecule has 0 saturated heterocycles. The fourth-order valence-electron chi connectivity index (χ4n) is 0.707. The molecule has 0 aliphatic heterocycles. The molecule has 0 bridgehead atoms. The Morgan fingerprint density at radius 3 is 0.833 bits per heavy atom. The van der Waals surface area contributed by atoms with Crippen molar-refractivity contribution in [2.75, 3.05) is 0 Å². The summed E-state index contributed by atoms with van der Waals surface area (Å²) in [5, 5.41) is 0. The minimum absolute atomic E-state index is 0. The van der Waals surface area contributed by atoms with Gasteiger partial charge in [0.05, 0.1) is 0 Å². The molecule has 0 aromatic rings. The van der Waals surface area contributed by atoms with Crippen molar-refractivity contribution in [2.24, 2.45) is 0 Å². The van der Waals surface area contributed by atoms with Gasteiger partial charge in [-0.2, -0.15) is 0 Å². The average Bonchev–Trinajstić information content (AvgIpc) is 1.93.